The molecule has 4 rings (SSSR count). The Morgan fingerprint density at radius 1 is 1.41 bits per heavy atom. The number of furan rings is 1. The van der Waals surface area contributed by atoms with Crippen molar-refractivity contribution in [2.75, 3.05) is 12.4 Å². The lowest BCUT2D eigenvalue weighted by atomic mass is 10.2. The van der Waals surface area contributed by atoms with Crippen molar-refractivity contribution in [3.05, 3.63) is 30.0 Å². The fourth-order valence-corrected chi connectivity index (χ4v) is 4.44. The molecule has 154 valence electrons. The first-order chi connectivity index (χ1) is 14.2. The van der Waals surface area contributed by atoms with Crippen LogP contribution < -0.4 is 10.1 Å². The van der Waals surface area contributed by atoms with Crippen molar-refractivity contribution in [1.29, 1.82) is 0 Å². The second-order valence-electron chi connectivity index (χ2n) is 7.18. The number of carbonyl (C=O) groups is 1. The van der Waals surface area contributed by atoms with E-state index in [0.29, 0.717) is 34.9 Å². The van der Waals surface area contributed by atoms with Crippen LogP contribution in [0.4, 0.5) is 0 Å². The molecule has 1 atom stereocenters. The summed E-state index contributed by atoms with van der Waals surface area (Å²) in [5.41, 5.74) is 0.704. The van der Waals surface area contributed by atoms with Crippen LogP contribution in [0.1, 0.15) is 57.4 Å². The predicted molar refractivity (Wildman–Crippen MR) is 110 cm³/mol. The Labute approximate surface area is 173 Å². The molecule has 0 saturated heterocycles. The lowest BCUT2D eigenvalue weighted by Crippen LogP contribution is -2.28. The molecule has 0 radical (unpaired) electrons. The number of tetrazole rings is 1. The molecule has 9 heteroatoms. The SMILES string of the molecule is CCOc1cccc2cc(C(C)NC(=O)CSc3nnnn3C3CCCC3)oc12. The van der Waals surface area contributed by atoms with E-state index in [1.165, 1.54) is 24.6 Å². The maximum Gasteiger partial charge on any atom is 0.231 e. The van der Waals surface area contributed by atoms with Gasteiger partial charge in [0.2, 0.25) is 11.1 Å². The van der Waals surface area contributed by atoms with Crippen LogP contribution in [-0.4, -0.2) is 38.5 Å². The fraction of sp³-hybridized carbons (Fsp3) is 0.500. The minimum absolute atomic E-state index is 0.0889. The summed E-state index contributed by atoms with van der Waals surface area (Å²) < 4.78 is 13.5. The van der Waals surface area contributed by atoms with E-state index < -0.39 is 0 Å². The summed E-state index contributed by atoms with van der Waals surface area (Å²) >= 11 is 1.36. The van der Waals surface area contributed by atoms with Gasteiger partial charge in [0.05, 0.1) is 24.4 Å². The van der Waals surface area contributed by atoms with Crippen molar-refractivity contribution in [3.8, 4) is 5.75 Å². The molecule has 0 spiro atoms. The zero-order valence-corrected chi connectivity index (χ0v) is 17.4. The molecular weight excluding hydrogens is 390 g/mol. The Hall–Kier alpha value is -2.55. The molecule has 1 aliphatic carbocycles. The Kier molecular flexibility index (Phi) is 6.03. The second kappa shape index (κ2) is 8.86. The van der Waals surface area contributed by atoms with Crippen molar-refractivity contribution >= 4 is 28.6 Å². The van der Waals surface area contributed by atoms with Crippen molar-refractivity contribution in [2.24, 2.45) is 0 Å². The van der Waals surface area contributed by atoms with E-state index in [4.69, 9.17) is 9.15 Å². The van der Waals surface area contributed by atoms with Gasteiger partial charge in [0.15, 0.2) is 11.3 Å². The first-order valence-corrected chi connectivity index (χ1v) is 11.0. The summed E-state index contributed by atoms with van der Waals surface area (Å²) in [6.45, 7) is 4.41. The Morgan fingerprint density at radius 3 is 3.03 bits per heavy atom. The number of nitrogens with zero attached hydrogens (tertiary/aromatic N) is 4. The normalized spacial score (nSPS) is 15.7. The number of nitrogens with one attached hydrogen (secondary N) is 1. The Balaban J connectivity index is 1.37. The largest absolute Gasteiger partial charge is 0.490 e. The molecule has 1 fully saturated rings. The minimum atomic E-state index is -0.254. The summed E-state index contributed by atoms with van der Waals surface area (Å²) in [5, 5.41) is 16.6. The molecule has 3 aromatic rings. The third kappa shape index (κ3) is 4.39. The minimum Gasteiger partial charge on any atom is -0.490 e. The third-order valence-electron chi connectivity index (χ3n) is 5.10. The molecule has 1 amide bonds. The number of rotatable bonds is 8. The molecule has 29 heavy (non-hydrogen) atoms. The van der Waals surface area contributed by atoms with Gasteiger partial charge in [-0.1, -0.05) is 36.7 Å². The van der Waals surface area contributed by atoms with Crippen LogP contribution >= 0.6 is 11.8 Å². The van der Waals surface area contributed by atoms with E-state index in [-0.39, 0.29) is 17.7 Å². The number of carbonyl (C=O) groups excluding carboxylic acids is 1. The van der Waals surface area contributed by atoms with E-state index in [2.05, 4.69) is 20.8 Å². The highest BCUT2D eigenvalue weighted by Gasteiger charge is 2.22. The number of benzene rings is 1. The number of fused-ring (bicyclic) bond motifs is 1. The molecule has 2 aromatic heterocycles. The van der Waals surface area contributed by atoms with Crippen LogP contribution in [0.3, 0.4) is 0 Å². The van der Waals surface area contributed by atoms with Gasteiger partial charge in [-0.15, -0.1) is 5.10 Å². The summed E-state index contributed by atoms with van der Waals surface area (Å²) in [4.78, 5) is 12.5. The standard InChI is InChI=1S/C20H25N5O3S/c1-3-27-16-10-6-7-14-11-17(28-19(14)16)13(2)21-18(26)12-29-20-22-23-24-25(20)15-8-4-5-9-15/h6-7,10-11,13,15H,3-5,8-9,12H2,1-2H3,(H,21,26). The number of ether oxygens (including phenoxy) is 1. The maximum absolute atomic E-state index is 12.5. The maximum atomic E-state index is 12.5. The zero-order chi connectivity index (χ0) is 20.2. The zero-order valence-electron chi connectivity index (χ0n) is 16.6. The van der Waals surface area contributed by atoms with Gasteiger partial charge in [-0.05, 0) is 49.2 Å². The van der Waals surface area contributed by atoms with Crippen LogP contribution in [0.25, 0.3) is 11.0 Å². The first-order valence-electron chi connectivity index (χ1n) is 10.0. The number of amides is 1. The molecule has 1 saturated carbocycles. The van der Waals surface area contributed by atoms with Crippen molar-refractivity contribution in [3.63, 3.8) is 0 Å². The van der Waals surface area contributed by atoms with Crippen LogP contribution in [0, 0.1) is 0 Å². The van der Waals surface area contributed by atoms with Gasteiger partial charge in [-0.2, -0.15) is 0 Å². The summed E-state index contributed by atoms with van der Waals surface area (Å²) in [7, 11) is 0. The second-order valence-corrected chi connectivity index (χ2v) is 8.12. The average Bonchev–Trinajstić information content (AvgIpc) is 3.46. The smallest absolute Gasteiger partial charge is 0.231 e. The number of hydrogen-bond acceptors (Lipinski definition) is 7. The van der Waals surface area contributed by atoms with E-state index >= 15 is 0 Å². The Bertz CT molecular complexity index is 980. The highest BCUT2D eigenvalue weighted by atomic mass is 32.2. The lowest BCUT2D eigenvalue weighted by Gasteiger charge is -2.12. The number of aromatic nitrogens is 4. The quantitative estimate of drug-likeness (QED) is 0.557. The molecule has 1 aromatic carbocycles. The third-order valence-corrected chi connectivity index (χ3v) is 6.03. The van der Waals surface area contributed by atoms with Gasteiger partial charge in [-0.25, -0.2) is 4.68 Å². The highest BCUT2D eigenvalue weighted by molar-refractivity contribution is 7.99. The number of para-hydroxylation sites is 1. The summed E-state index contributed by atoms with van der Waals surface area (Å²) in [6.07, 6.45) is 4.60. The molecule has 2 heterocycles. The van der Waals surface area contributed by atoms with E-state index in [0.717, 1.165) is 18.2 Å². The molecule has 1 aliphatic rings. The van der Waals surface area contributed by atoms with Crippen molar-refractivity contribution in [2.45, 2.75) is 56.8 Å². The van der Waals surface area contributed by atoms with Crippen LogP contribution in [0.15, 0.2) is 33.8 Å². The number of thioether (sulfide) groups is 1. The van der Waals surface area contributed by atoms with Crippen LogP contribution in [-0.2, 0) is 4.79 Å². The lowest BCUT2D eigenvalue weighted by molar-refractivity contribution is -0.119. The van der Waals surface area contributed by atoms with Gasteiger partial charge in [0.25, 0.3) is 0 Å². The average molecular weight is 416 g/mol. The number of hydrogen-bond donors (Lipinski definition) is 1. The molecule has 1 unspecified atom stereocenters. The van der Waals surface area contributed by atoms with Gasteiger partial charge < -0.3 is 14.5 Å². The van der Waals surface area contributed by atoms with Gasteiger partial charge in [0.1, 0.15) is 5.76 Å². The van der Waals surface area contributed by atoms with E-state index in [9.17, 15) is 4.79 Å². The predicted octanol–water partition coefficient (Wildman–Crippen LogP) is 3.90. The molecule has 0 bridgehead atoms. The fourth-order valence-electron chi connectivity index (χ4n) is 3.68. The van der Waals surface area contributed by atoms with Gasteiger partial charge in [-0.3, -0.25) is 4.79 Å². The topological polar surface area (TPSA) is 95.1 Å². The molecule has 0 aliphatic heterocycles. The first kappa shape index (κ1) is 19.8. The van der Waals surface area contributed by atoms with Crippen LogP contribution in [0.2, 0.25) is 0 Å². The molecular formula is C20H25N5O3S. The molecule has 1 N–H and O–H groups in total. The van der Waals surface area contributed by atoms with E-state index in [1.807, 2.05) is 42.8 Å². The summed E-state index contributed by atoms with van der Waals surface area (Å²) in [5.74, 6) is 1.57. The van der Waals surface area contributed by atoms with Gasteiger partial charge >= 0.3 is 0 Å². The van der Waals surface area contributed by atoms with Gasteiger partial charge in [0, 0.05) is 5.39 Å². The van der Waals surface area contributed by atoms with Crippen molar-refractivity contribution in [1.82, 2.24) is 25.5 Å². The highest BCUT2D eigenvalue weighted by Crippen LogP contribution is 2.32. The Morgan fingerprint density at radius 2 is 2.24 bits per heavy atom. The monoisotopic (exact) mass is 415 g/mol. The van der Waals surface area contributed by atoms with Crippen molar-refractivity contribution < 1.29 is 13.9 Å². The van der Waals surface area contributed by atoms with Crippen LogP contribution in [0.5, 0.6) is 5.75 Å². The van der Waals surface area contributed by atoms with E-state index in [1.54, 1.807) is 0 Å². The summed E-state index contributed by atoms with van der Waals surface area (Å²) in [6, 6.07) is 7.82. The molecule has 8 nitrogen and oxygen atoms in total.